The van der Waals surface area contributed by atoms with Gasteiger partial charge >= 0.3 is 5.97 Å². The highest BCUT2D eigenvalue weighted by Gasteiger charge is 2.19. The smallest absolute Gasteiger partial charge is 0.347 e. The molecule has 0 aliphatic carbocycles. The van der Waals surface area contributed by atoms with Crippen LogP contribution >= 0.6 is 0 Å². The van der Waals surface area contributed by atoms with Gasteiger partial charge in [0.1, 0.15) is 0 Å². The summed E-state index contributed by atoms with van der Waals surface area (Å²) in [6, 6.07) is 19.8. The topological polar surface area (TPSA) is 50.1 Å². The largest absolute Gasteiger partial charge is 0.348 e. The first-order valence-corrected chi connectivity index (χ1v) is 6.60. The molecule has 2 aromatic carbocycles. The second-order valence-corrected chi connectivity index (χ2v) is 4.66. The van der Waals surface area contributed by atoms with Crippen LogP contribution in [0.4, 0.5) is 0 Å². The van der Waals surface area contributed by atoms with Crippen molar-refractivity contribution in [2.45, 2.75) is 12.3 Å². The molecule has 0 heterocycles. The minimum atomic E-state index is -0.672. The Kier molecular flexibility index (Phi) is 4.89. The zero-order valence-electron chi connectivity index (χ0n) is 11.5. The predicted octanol–water partition coefficient (Wildman–Crippen LogP) is 3.79. The maximum Gasteiger partial charge on any atom is 0.348 e. The van der Waals surface area contributed by atoms with Crippen LogP contribution in [0.15, 0.2) is 72.8 Å². The summed E-state index contributed by atoms with van der Waals surface area (Å²) >= 11 is 0. The van der Waals surface area contributed by atoms with Gasteiger partial charge in [0.25, 0.3) is 6.26 Å². The van der Waals surface area contributed by atoms with E-state index in [1.54, 1.807) is 0 Å². The second kappa shape index (κ2) is 7.06. The highest BCUT2D eigenvalue weighted by Crippen LogP contribution is 2.30. The Hall–Kier alpha value is -2.86. The van der Waals surface area contributed by atoms with Crippen LogP contribution in [-0.4, -0.2) is 5.97 Å². The molecule has 0 saturated heterocycles. The first kappa shape index (κ1) is 14.5. The Bertz CT molecular complexity index is 617. The third-order valence-electron chi connectivity index (χ3n) is 3.28. The van der Waals surface area contributed by atoms with Crippen molar-refractivity contribution in [3.63, 3.8) is 0 Å². The molecule has 0 radical (unpaired) electrons. The zero-order chi connectivity index (χ0) is 15.1. The van der Waals surface area contributed by atoms with Gasteiger partial charge < -0.3 is 4.74 Å². The van der Waals surface area contributed by atoms with Crippen LogP contribution in [-0.2, 0) is 9.53 Å². The molecule has 2 rings (SSSR count). The first-order chi connectivity index (χ1) is 10.2. The fourth-order valence-corrected chi connectivity index (χ4v) is 2.24. The molecule has 21 heavy (non-hydrogen) atoms. The Balaban J connectivity index is 2.28. The van der Waals surface area contributed by atoms with Gasteiger partial charge in [0.2, 0.25) is 0 Å². The van der Waals surface area contributed by atoms with E-state index in [0.29, 0.717) is 6.42 Å². The maximum absolute atomic E-state index is 11.6. The fraction of sp³-hybridized carbons (Fsp3) is 0.111. The van der Waals surface area contributed by atoms with E-state index in [-0.39, 0.29) is 11.5 Å². The molecule has 0 aliphatic heterocycles. The van der Waals surface area contributed by atoms with Gasteiger partial charge in [0.05, 0.1) is 0 Å². The van der Waals surface area contributed by atoms with Crippen LogP contribution in [0.3, 0.4) is 0 Å². The van der Waals surface area contributed by atoms with Crippen LogP contribution in [0, 0.1) is 11.5 Å². The summed E-state index contributed by atoms with van der Waals surface area (Å²) in [5, 5.41) is 8.42. The van der Waals surface area contributed by atoms with Crippen molar-refractivity contribution < 1.29 is 9.53 Å². The SMILES string of the molecule is C=C(CC(c1ccccc1)c1ccccc1)C(=O)OC#N. The molecule has 0 aliphatic rings. The summed E-state index contributed by atoms with van der Waals surface area (Å²) in [5.74, 6) is -0.666. The lowest BCUT2D eigenvalue weighted by Crippen LogP contribution is -2.09. The maximum atomic E-state index is 11.6. The van der Waals surface area contributed by atoms with Gasteiger partial charge in [-0.15, -0.1) is 5.26 Å². The minimum absolute atomic E-state index is 0.00569. The normalized spacial score (nSPS) is 9.90. The number of carbonyl (C=O) groups excluding carboxylic acids is 1. The Morgan fingerprint density at radius 2 is 1.52 bits per heavy atom. The van der Waals surface area contributed by atoms with Crippen molar-refractivity contribution in [1.82, 2.24) is 0 Å². The number of carbonyl (C=O) groups is 1. The van der Waals surface area contributed by atoms with Crippen molar-refractivity contribution in [2.24, 2.45) is 0 Å². The lowest BCUT2D eigenvalue weighted by Gasteiger charge is -2.18. The van der Waals surface area contributed by atoms with Crippen molar-refractivity contribution in [2.75, 3.05) is 0 Å². The summed E-state index contributed by atoms with van der Waals surface area (Å²) in [7, 11) is 0. The summed E-state index contributed by atoms with van der Waals surface area (Å²) in [6.45, 7) is 3.74. The quantitative estimate of drug-likeness (QED) is 0.474. The number of rotatable bonds is 5. The standard InChI is InChI=1S/C18H15NO2/c1-14(18(20)21-13-19)12-17(15-8-4-2-5-9-15)16-10-6-3-7-11-16/h2-11,17H,1,12H2. The average Bonchev–Trinajstić information content (AvgIpc) is 2.54. The number of ether oxygens (including phenoxy) is 1. The van der Waals surface area contributed by atoms with Crippen molar-refractivity contribution >= 4 is 5.97 Å². The number of hydrogen-bond donors (Lipinski definition) is 0. The molecule has 0 N–H and O–H groups in total. The van der Waals surface area contributed by atoms with E-state index in [0.717, 1.165) is 11.1 Å². The van der Waals surface area contributed by atoms with Crippen LogP contribution in [0.5, 0.6) is 0 Å². The molecule has 104 valence electrons. The Morgan fingerprint density at radius 1 is 1.05 bits per heavy atom. The molecular formula is C18H15NO2. The van der Waals surface area contributed by atoms with Gasteiger partial charge in [-0.2, -0.15) is 0 Å². The lowest BCUT2D eigenvalue weighted by molar-refractivity contribution is -0.132. The highest BCUT2D eigenvalue weighted by atomic mass is 16.5. The third kappa shape index (κ3) is 3.80. The summed E-state index contributed by atoms with van der Waals surface area (Å²) < 4.78 is 4.34. The number of hydrogen-bond acceptors (Lipinski definition) is 3. The van der Waals surface area contributed by atoms with E-state index < -0.39 is 5.97 Å². The second-order valence-electron chi connectivity index (χ2n) is 4.66. The number of benzene rings is 2. The van der Waals surface area contributed by atoms with E-state index in [1.165, 1.54) is 6.26 Å². The molecule has 0 aromatic heterocycles. The van der Waals surface area contributed by atoms with E-state index in [2.05, 4.69) is 11.3 Å². The molecule has 0 unspecified atom stereocenters. The fourth-order valence-electron chi connectivity index (χ4n) is 2.24. The number of esters is 1. The first-order valence-electron chi connectivity index (χ1n) is 6.60. The molecule has 2 aromatic rings. The van der Waals surface area contributed by atoms with Crippen LogP contribution in [0.2, 0.25) is 0 Å². The molecular weight excluding hydrogens is 262 g/mol. The summed E-state index contributed by atoms with van der Waals surface area (Å²) in [6.07, 6.45) is 1.80. The molecule has 0 fully saturated rings. The molecule has 3 nitrogen and oxygen atoms in total. The van der Waals surface area contributed by atoms with Gasteiger partial charge in [0.15, 0.2) is 0 Å². The van der Waals surface area contributed by atoms with Crippen molar-refractivity contribution in [3.05, 3.63) is 83.9 Å². The lowest BCUT2D eigenvalue weighted by atomic mass is 9.86. The van der Waals surface area contributed by atoms with Gasteiger partial charge in [0, 0.05) is 11.5 Å². The Morgan fingerprint density at radius 3 is 1.95 bits per heavy atom. The van der Waals surface area contributed by atoms with Crippen LogP contribution in [0.25, 0.3) is 0 Å². The number of nitriles is 1. The van der Waals surface area contributed by atoms with Crippen molar-refractivity contribution in [3.8, 4) is 6.26 Å². The third-order valence-corrected chi connectivity index (χ3v) is 3.28. The molecule has 0 atom stereocenters. The van der Waals surface area contributed by atoms with Crippen LogP contribution in [0.1, 0.15) is 23.5 Å². The Labute approximate surface area is 124 Å². The molecule has 0 amide bonds. The van der Waals surface area contributed by atoms with Gasteiger partial charge in [-0.3, -0.25) is 0 Å². The molecule has 0 saturated carbocycles. The van der Waals surface area contributed by atoms with Gasteiger partial charge in [-0.25, -0.2) is 4.79 Å². The minimum Gasteiger partial charge on any atom is -0.347 e. The van der Waals surface area contributed by atoms with E-state index in [9.17, 15) is 4.79 Å². The highest BCUT2D eigenvalue weighted by molar-refractivity contribution is 5.88. The zero-order valence-corrected chi connectivity index (χ0v) is 11.5. The molecule has 0 spiro atoms. The number of nitrogens with zero attached hydrogens (tertiary/aromatic N) is 1. The van der Waals surface area contributed by atoms with Gasteiger partial charge in [-0.1, -0.05) is 67.2 Å². The monoisotopic (exact) mass is 277 g/mol. The van der Waals surface area contributed by atoms with E-state index in [4.69, 9.17) is 5.26 Å². The van der Waals surface area contributed by atoms with E-state index in [1.807, 2.05) is 60.7 Å². The summed E-state index contributed by atoms with van der Waals surface area (Å²) in [5.41, 5.74) is 2.47. The van der Waals surface area contributed by atoms with E-state index >= 15 is 0 Å². The van der Waals surface area contributed by atoms with Crippen molar-refractivity contribution in [1.29, 1.82) is 5.26 Å². The summed E-state index contributed by atoms with van der Waals surface area (Å²) in [4.78, 5) is 11.6. The van der Waals surface area contributed by atoms with Gasteiger partial charge in [-0.05, 0) is 17.5 Å². The van der Waals surface area contributed by atoms with Crippen LogP contribution < -0.4 is 0 Å². The molecule has 0 bridgehead atoms. The molecule has 3 heteroatoms. The average molecular weight is 277 g/mol. The predicted molar refractivity (Wildman–Crippen MR) is 80.2 cm³/mol.